The molecule has 0 heterocycles. The van der Waals surface area contributed by atoms with Gasteiger partial charge in [-0.3, -0.25) is 5.32 Å². The SMILES string of the molecule is O=C(O)Nc1ccc(CCCBr)cc1Br. The van der Waals surface area contributed by atoms with Gasteiger partial charge in [-0.2, -0.15) is 0 Å². The summed E-state index contributed by atoms with van der Waals surface area (Å²) in [7, 11) is 0. The number of alkyl halides is 1. The maximum absolute atomic E-state index is 10.4. The van der Waals surface area contributed by atoms with Gasteiger partial charge in [0.2, 0.25) is 0 Å². The van der Waals surface area contributed by atoms with Crippen LogP contribution in [0, 0.1) is 0 Å². The third-order valence-corrected chi connectivity index (χ3v) is 3.09. The maximum atomic E-state index is 10.4. The summed E-state index contributed by atoms with van der Waals surface area (Å²) in [5, 5.41) is 11.9. The highest BCUT2D eigenvalue weighted by Gasteiger charge is 2.03. The second-order valence-corrected chi connectivity index (χ2v) is 4.68. The molecule has 0 aromatic heterocycles. The van der Waals surface area contributed by atoms with Gasteiger partial charge in [0.05, 0.1) is 5.69 Å². The van der Waals surface area contributed by atoms with Gasteiger partial charge >= 0.3 is 6.09 Å². The molecule has 1 aromatic rings. The number of benzene rings is 1. The average molecular weight is 337 g/mol. The van der Waals surface area contributed by atoms with Gasteiger partial charge in [0.1, 0.15) is 0 Å². The summed E-state index contributed by atoms with van der Waals surface area (Å²) in [5.41, 5.74) is 1.77. The molecular formula is C10H11Br2NO2. The average Bonchev–Trinajstić information content (AvgIpc) is 2.18. The number of halogens is 2. The standard InChI is InChI=1S/C10H11Br2NO2/c11-5-1-2-7-3-4-9(8(12)6-7)13-10(14)15/h3-4,6,13H,1-2,5H2,(H,14,15). The predicted molar refractivity (Wildman–Crippen MR) is 67.9 cm³/mol. The third-order valence-electron chi connectivity index (χ3n) is 1.87. The first-order valence-corrected chi connectivity index (χ1v) is 6.39. The number of rotatable bonds is 4. The van der Waals surface area contributed by atoms with E-state index >= 15 is 0 Å². The van der Waals surface area contributed by atoms with Crippen molar-refractivity contribution >= 4 is 43.6 Å². The van der Waals surface area contributed by atoms with Gasteiger partial charge < -0.3 is 5.11 Å². The zero-order valence-electron chi connectivity index (χ0n) is 7.96. The van der Waals surface area contributed by atoms with E-state index in [1.54, 1.807) is 6.07 Å². The quantitative estimate of drug-likeness (QED) is 0.820. The lowest BCUT2D eigenvalue weighted by molar-refractivity contribution is 0.209. The highest BCUT2D eigenvalue weighted by atomic mass is 79.9. The van der Waals surface area contributed by atoms with E-state index in [4.69, 9.17) is 5.11 Å². The van der Waals surface area contributed by atoms with Crippen molar-refractivity contribution < 1.29 is 9.90 Å². The second kappa shape index (κ2) is 6.12. The number of carbonyl (C=O) groups is 1. The van der Waals surface area contributed by atoms with Crippen molar-refractivity contribution in [2.75, 3.05) is 10.6 Å². The first-order chi connectivity index (χ1) is 7.13. The van der Waals surface area contributed by atoms with Crippen LogP contribution in [-0.2, 0) is 6.42 Å². The Hall–Kier alpha value is -0.550. The van der Waals surface area contributed by atoms with Crippen molar-refractivity contribution in [3.05, 3.63) is 28.2 Å². The van der Waals surface area contributed by atoms with Crippen LogP contribution in [0.3, 0.4) is 0 Å². The summed E-state index contributed by atoms with van der Waals surface area (Å²) in [5.74, 6) is 0. The van der Waals surface area contributed by atoms with Crippen molar-refractivity contribution in [3.63, 3.8) is 0 Å². The molecule has 0 aliphatic carbocycles. The molecule has 5 heteroatoms. The van der Waals surface area contributed by atoms with E-state index in [1.165, 1.54) is 5.56 Å². The van der Waals surface area contributed by atoms with E-state index < -0.39 is 6.09 Å². The van der Waals surface area contributed by atoms with Gasteiger partial charge in [-0.25, -0.2) is 4.79 Å². The smallest absolute Gasteiger partial charge is 0.409 e. The topological polar surface area (TPSA) is 49.3 Å². The van der Waals surface area contributed by atoms with E-state index in [2.05, 4.69) is 37.2 Å². The Morgan fingerprint density at radius 3 is 2.73 bits per heavy atom. The Morgan fingerprint density at radius 1 is 1.47 bits per heavy atom. The van der Waals surface area contributed by atoms with Crippen LogP contribution in [0.25, 0.3) is 0 Å². The maximum Gasteiger partial charge on any atom is 0.409 e. The van der Waals surface area contributed by atoms with Crippen LogP contribution in [0.2, 0.25) is 0 Å². The van der Waals surface area contributed by atoms with E-state index in [0.29, 0.717) is 5.69 Å². The summed E-state index contributed by atoms with van der Waals surface area (Å²) in [6, 6.07) is 5.63. The Labute approximate surface area is 105 Å². The highest BCUT2D eigenvalue weighted by molar-refractivity contribution is 9.10. The molecule has 0 spiro atoms. The van der Waals surface area contributed by atoms with Crippen molar-refractivity contribution in [1.82, 2.24) is 0 Å². The molecular weight excluding hydrogens is 326 g/mol. The van der Waals surface area contributed by atoms with Gasteiger partial charge in [-0.1, -0.05) is 22.0 Å². The monoisotopic (exact) mass is 335 g/mol. The lowest BCUT2D eigenvalue weighted by atomic mass is 10.1. The molecule has 0 atom stereocenters. The molecule has 0 aliphatic rings. The van der Waals surface area contributed by atoms with Crippen molar-refractivity contribution in [2.24, 2.45) is 0 Å². The lowest BCUT2D eigenvalue weighted by Crippen LogP contribution is -2.07. The molecule has 82 valence electrons. The molecule has 3 nitrogen and oxygen atoms in total. The summed E-state index contributed by atoms with van der Waals surface area (Å²) in [6.07, 6.45) is 0.999. The van der Waals surface area contributed by atoms with Gasteiger partial charge in [0, 0.05) is 9.80 Å². The zero-order valence-corrected chi connectivity index (χ0v) is 11.1. The van der Waals surface area contributed by atoms with E-state index in [1.807, 2.05) is 12.1 Å². The molecule has 0 unspecified atom stereocenters. The molecule has 1 amide bonds. The van der Waals surface area contributed by atoms with Gasteiger partial charge in [-0.05, 0) is 46.5 Å². The zero-order chi connectivity index (χ0) is 11.3. The largest absolute Gasteiger partial charge is 0.465 e. The molecule has 2 N–H and O–H groups in total. The van der Waals surface area contributed by atoms with Crippen LogP contribution in [0.4, 0.5) is 10.5 Å². The third kappa shape index (κ3) is 4.22. The summed E-state index contributed by atoms with van der Waals surface area (Å²) < 4.78 is 0.775. The van der Waals surface area contributed by atoms with Crippen LogP contribution in [0.15, 0.2) is 22.7 Å². The van der Waals surface area contributed by atoms with Gasteiger partial charge in [-0.15, -0.1) is 0 Å². The second-order valence-electron chi connectivity index (χ2n) is 3.04. The fourth-order valence-electron chi connectivity index (χ4n) is 1.20. The molecule has 1 aromatic carbocycles. The molecule has 0 saturated carbocycles. The Balaban J connectivity index is 2.74. The van der Waals surface area contributed by atoms with Crippen LogP contribution in [0.5, 0.6) is 0 Å². The van der Waals surface area contributed by atoms with Crippen molar-refractivity contribution in [2.45, 2.75) is 12.8 Å². The molecule has 0 radical (unpaired) electrons. The van der Waals surface area contributed by atoms with Crippen molar-refractivity contribution in [1.29, 1.82) is 0 Å². The van der Waals surface area contributed by atoms with E-state index in [0.717, 1.165) is 22.6 Å². The first kappa shape index (κ1) is 12.5. The number of anilines is 1. The number of carboxylic acid groups (broad SMARTS) is 1. The van der Waals surface area contributed by atoms with Gasteiger partial charge in [0.25, 0.3) is 0 Å². The van der Waals surface area contributed by atoms with Crippen LogP contribution >= 0.6 is 31.9 Å². The molecule has 0 bridgehead atoms. The van der Waals surface area contributed by atoms with Crippen LogP contribution < -0.4 is 5.32 Å². The number of nitrogens with one attached hydrogen (secondary N) is 1. The number of amides is 1. The minimum atomic E-state index is -1.05. The number of hydrogen-bond acceptors (Lipinski definition) is 1. The van der Waals surface area contributed by atoms with Crippen molar-refractivity contribution in [3.8, 4) is 0 Å². The molecule has 0 saturated heterocycles. The molecule has 0 fully saturated rings. The molecule has 0 aliphatic heterocycles. The summed E-state index contributed by atoms with van der Waals surface area (Å²) in [6.45, 7) is 0. The Kier molecular flexibility index (Phi) is 5.11. The fraction of sp³-hybridized carbons (Fsp3) is 0.300. The highest BCUT2D eigenvalue weighted by Crippen LogP contribution is 2.24. The lowest BCUT2D eigenvalue weighted by Gasteiger charge is -2.06. The summed E-state index contributed by atoms with van der Waals surface area (Å²) in [4.78, 5) is 10.4. The predicted octanol–water partition coefficient (Wildman–Crippen LogP) is 3.87. The Bertz CT molecular complexity index is 355. The fourth-order valence-corrected chi connectivity index (χ4v) is 2.01. The number of hydrogen-bond donors (Lipinski definition) is 2. The minimum absolute atomic E-state index is 0.574. The normalized spacial score (nSPS) is 10.0. The van der Waals surface area contributed by atoms with Crippen LogP contribution in [0.1, 0.15) is 12.0 Å². The number of aryl methyl sites for hydroxylation is 1. The van der Waals surface area contributed by atoms with E-state index in [9.17, 15) is 4.79 Å². The molecule has 15 heavy (non-hydrogen) atoms. The Morgan fingerprint density at radius 2 is 2.20 bits per heavy atom. The molecule has 1 rings (SSSR count). The summed E-state index contributed by atoms with van der Waals surface area (Å²) >= 11 is 6.70. The van der Waals surface area contributed by atoms with Gasteiger partial charge in [0.15, 0.2) is 0 Å². The minimum Gasteiger partial charge on any atom is -0.465 e. The van der Waals surface area contributed by atoms with E-state index in [-0.39, 0.29) is 0 Å². The van der Waals surface area contributed by atoms with Crippen LogP contribution in [-0.4, -0.2) is 16.5 Å². The first-order valence-electron chi connectivity index (χ1n) is 4.48.